The lowest BCUT2D eigenvalue weighted by molar-refractivity contribution is 0.316. The van der Waals surface area contributed by atoms with Gasteiger partial charge in [-0.2, -0.15) is 0 Å². The molecule has 0 unspecified atom stereocenters. The van der Waals surface area contributed by atoms with Crippen LogP contribution in [0.1, 0.15) is 31.4 Å². The second-order valence-electron chi connectivity index (χ2n) is 3.97. The third-order valence-corrected chi connectivity index (χ3v) is 2.83. The minimum Gasteiger partial charge on any atom is -0.360 e. The molecule has 1 aliphatic rings. The summed E-state index contributed by atoms with van der Waals surface area (Å²) >= 11 is 0. The molecule has 4 heteroatoms. The van der Waals surface area contributed by atoms with Gasteiger partial charge in [-0.3, -0.25) is 0 Å². The van der Waals surface area contributed by atoms with Crippen LogP contribution in [-0.4, -0.2) is 17.2 Å². The van der Waals surface area contributed by atoms with Crippen molar-refractivity contribution in [2.24, 2.45) is 5.73 Å². The van der Waals surface area contributed by atoms with Gasteiger partial charge in [0.15, 0.2) is 0 Å². The first kappa shape index (κ1) is 9.68. The first-order valence-corrected chi connectivity index (χ1v) is 5.23. The van der Waals surface area contributed by atoms with E-state index in [1.807, 2.05) is 6.07 Å². The summed E-state index contributed by atoms with van der Waals surface area (Å²) in [6, 6.07) is 2.90. The third-order valence-electron chi connectivity index (χ3n) is 2.83. The highest BCUT2D eigenvalue weighted by Crippen LogP contribution is 2.17. The Bertz CT molecular complexity index is 252. The monoisotopic (exact) mass is 195 g/mol. The van der Waals surface area contributed by atoms with Gasteiger partial charge >= 0.3 is 0 Å². The summed E-state index contributed by atoms with van der Waals surface area (Å²) in [4.78, 5) is 0. The van der Waals surface area contributed by atoms with Crippen molar-refractivity contribution in [3.05, 3.63) is 18.0 Å². The summed E-state index contributed by atoms with van der Waals surface area (Å²) in [5.74, 6) is 0.903. The van der Waals surface area contributed by atoms with Gasteiger partial charge in [-0.1, -0.05) is 5.16 Å². The zero-order valence-electron chi connectivity index (χ0n) is 8.28. The van der Waals surface area contributed by atoms with Gasteiger partial charge < -0.3 is 15.6 Å². The molecule has 0 aromatic carbocycles. The first-order chi connectivity index (χ1) is 6.84. The molecule has 78 valence electrons. The lowest BCUT2D eigenvalue weighted by Gasteiger charge is -2.26. The smallest absolute Gasteiger partial charge is 0.150 e. The summed E-state index contributed by atoms with van der Waals surface area (Å²) in [5, 5.41) is 7.12. The van der Waals surface area contributed by atoms with Crippen molar-refractivity contribution in [2.75, 3.05) is 0 Å². The topological polar surface area (TPSA) is 64.1 Å². The molecule has 2 rings (SSSR count). The van der Waals surface area contributed by atoms with Crippen molar-refractivity contribution >= 4 is 0 Å². The van der Waals surface area contributed by atoms with Crippen LogP contribution in [0.2, 0.25) is 0 Å². The Morgan fingerprint density at radius 3 is 2.86 bits per heavy atom. The van der Waals surface area contributed by atoms with Crippen LogP contribution in [0.25, 0.3) is 0 Å². The van der Waals surface area contributed by atoms with Crippen LogP contribution in [0.4, 0.5) is 0 Å². The van der Waals surface area contributed by atoms with E-state index >= 15 is 0 Å². The molecule has 0 amide bonds. The molecule has 0 bridgehead atoms. The number of aromatic nitrogens is 1. The van der Waals surface area contributed by atoms with Gasteiger partial charge in [-0.05, 0) is 25.7 Å². The van der Waals surface area contributed by atoms with Crippen LogP contribution in [-0.2, 0) is 6.54 Å². The Balaban J connectivity index is 1.71. The Hall–Kier alpha value is -0.870. The normalized spacial score (nSPS) is 27.8. The van der Waals surface area contributed by atoms with Crippen LogP contribution in [0, 0.1) is 0 Å². The number of nitrogens with one attached hydrogen (secondary N) is 1. The van der Waals surface area contributed by atoms with E-state index in [0.717, 1.165) is 25.1 Å². The lowest BCUT2D eigenvalue weighted by atomic mass is 9.92. The summed E-state index contributed by atoms with van der Waals surface area (Å²) < 4.78 is 5.01. The van der Waals surface area contributed by atoms with Gasteiger partial charge in [-0.25, -0.2) is 0 Å². The number of rotatable bonds is 3. The molecule has 0 spiro atoms. The fourth-order valence-corrected chi connectivity index (χ4v) is 1.90. The van der Waals surface area contributed by atoms with E-state index in [4.69, 9.17) is 10.3 Å². The van der Waals surface area contributed by atoms with E-state index in [2.05, 4.69) is 10.5 Å². The molecule has 0 radical (unpaired) electrons. The SMILES string of the molecule is NC1CCC(NCc2ccno2)CC1. The Morgan fingerprint density at radius 1 is 1.43 bits per heavy atom. The minimum absolute atomic E-state index is 0.415. The molecule has 0 atom stereocenters. The molecule has 1 aliphatic carbocycles. The van der Waals surface area contributed by atoms with Crippen LogP contribution in [0.15, 0.2) is 16.8 Å². The highest BCUT2D eigenvalue weighted by molar-refractivity contribution is 4.93. The van der Waals surface area contributed by atoms with Crippen molar-refractivity contribution < 1.29 is 4.52 Å². The van der Waals surface area contributed by atoms with Crippen LogP contribution in [0.3, 0.4) is 0 Å². The van der Waals surface area contributed by atoms with Crippen LogP contribution >= 0.6 is 0 Å². The van der Waals surface area contributed by atoms with Crippen LogP contribution in [0.5, 0.6) is 0 Å². The van der Waals surface area contributed by atoms with Crippen molar-refractivity contribution in [1.29, 1.82) is 0 Å². The van der Waals surface area contributed by atoms with Gasteiger partial charge in [-0.15, -0.1) is 0 Å². The van der Waals surface area contributed by atoms with E-state index in [1.54, 1.807) is 6.20 Å². The molecule has 0 saturated heterocycles. The molecule has 14 heavy (non-hydrogen) atoms. The summed E-state index contributed by atoms with van der Waals surface area (Å²) in [6.45, 7) is 0.778. The summed E-state index contributed by atoms with van der Waals surface area (Å²) in [6.07, 6.45) is 6.29. The maximum absolute atomic E-state index is 5.83. The van der Waals surface area contributed by atoms with Gasteiger partial charge in [0.25, 0.3) is 0 Å². The first-order valence-electron chi connectivity index (χ1n) is 5.23. The molecular formula is C10H17N3O. The van der Waals surface area contributed by atoms with Crippen molar-refractivity contribution in [1.82, 2.24) is 10.5 Å². The predicted octanol–water partition coefficient (Wildman–Crippen LogP) is 1.03. The highest BCUT2D eigenvalue weighted by atomic mass is 16.5. The molecule has 1 aromatic heterocycles. The van der Waals surface area contributed by atoms with Crippen molar-refractivity contribution in [3.8, 4) is 0 Å². The molecular weight excluding hydrogens is 178 g/mol. The molecule has 3 N–H and O–H groups in total. The quantitative estimate of drug-likeness (QED) is 0.756. The number of nitrogens with zero attached hydrogens (tertiary/aromatic N) is 1. The number of nitrogens with two attached hydrogens (primary N) is 1. The zero-order chi connectivity index (χ0) is 9.80. The van der Waals surface area contributed by atoms with Gasteiger partial charge in [0, 0.05) is 18.2 Å². The highest BCUT2D eigenvalue weighted by Gasteiger charge is 2.17. The second kappa shape index (κ2) is 4.57. The van der Waals surface area contributed by atoms with E-state index in [1.165, 1.54) is 12.8 Å². The molecule has 1 fully saturated rings. The predicted molar refractivity (Wildman–Crippen MR) is 53.6 cm³/mol. The van der Waals surface area contributed by atoms with Crippen LogP contribution < -0.4 is 11.1 Å². The summed E-state index contributed by atoms with van der Waals surface area (Å²) in [7, 11) is 0. The van der Waals surface area contributed by atoms with E-state index < -0.39 is 0 Å². The fraction of sp³-hybridized carbons (Fsp3) is 0.700. The zero-order valence-corrected chi connectivity index (χ0v) is 8.28. The fourth-order valence-electron chi connectivity index (χ4n) is 1.90. The van der Waals surface area contributed by atoms with E-state index in [9.17, 15) is 0 Å². The number of hydrogen-bond donors (Lipinski definition) is 2. The molecule has 0 aliphatic heterocycles. The Morgan fingerprint density at radius 2 is 2.21 bits per heavy atom. The van der Waals surface area contributed by atoms with Crippen molar-refractivity contribution in [3.63, 3.8) is 0 Å². The van der Waals surface area contributed by atoms with Gasteiger partial charge in [0.05, 0.1) is 12.7 Å². The Labute approximate surface area is 83.8 Å². The van der Waals surface area contributed by atoms with Gasteiger partial charge in [0.2, 0.25) is 0 Å². The van der Waals surface area contributed by atoms with Crippen molar-refractivity contribution in [2.45, 2.75) is 44.3 Å². The number of hydrogen-bond acceptors (Lipinski definition) is 4. The average Bonchev–Trinajstić information content (AvgIpc) is 2.70. The second-order valence-corrected chi connectivity index (χ2v) is 3.97. The molecule has 1 saturated carbocycles. The lowest BCUT2D eigenvalue weighted by Crippen LogP contribution is -2.36. The standard InChI is InChI=1S/C10H17N3O/c11-8-1-3-9(4-2-8)12-7-10-5-6-13-14-10/h5-6,8-9,12H,1-4,7,11H2. The minimum atomic E-state index is 0.415. The summed E-state index contributed by atoms with van der Waals surface area (Å²) in [5.41, 5.74) is 5.83. The molecule has 4 nitrogen and oxygen atoms in total. The maximum atomic E-state index is 5.83. The molecule has 1 aromatic rings. The maximum Gasteiger partial charge on any atom is 0.150 e. The largest absolute Gasteiger partial charge is 0.360 e. The van der Waals surface area contributed by atoms with Gasteiger partial charge in [0.1, 0.15) is 5.76 Å². The van der Waals surface area contributed by atoms with E-state index in [0.29, 0.717) is 12.1 Å². The average molecular weight is 195 g/mol. The third kappa shape index (κ3) is 2.56. The Kier molecular flexibility index (Phi) is 3.16. The molecule has 1 heterocycles. The van der Waals surface area contributed by atoms with E-state index in [-0.39, 0.29) is 0 Å².